The number of nitrogens with one attached hydrogen (secondary N) is 2. The number of carbonyl (C=O) groups is 3. The van der Waals surface area contributed by atoms with Gasteiger partial charge in [-0.25, -0.2) is 4.79 Å². The molecule has 1 aliphatic heterocycles. The van der Waals surface area contributed by atoms with Crippen molar-refractivity contribution < 1.29 is 14.4 Å². The molecule has 1 aromatic carbocycles. The van der Waals surface area contributed by atoms with Gasteiger partial charge >= 0.3 is 6.03 Å². The summed E-state index contributed by atoms with van der Waals surface area (Å²) in [6.45, 7) is 3.68. The maximum Gasteiger partial charge on any atom is 0.321 e. The quantitative estimate of drug-likeness (QED) is 0.529. The second-order valence-electron chi connectivity index (χ2n) is 10.9. The average molecular weight is 484 g/mol. The minimum atomic E-state index is -0.211. The number of benzene rings is 1. The molecule has 1 aromatic rings. The molecule has 8 nitrogen and oxygen atoms in total. The van der Waals surface area contributed by atoms with Crippen LogP contribution in [0, 0.1) is 5.92 Å². The Morgan fingerprint density at radius 2 is 1.69 bits per heavy atom. The van der Waals surface area contributed by atoms with E-state index in [-0.39, 0.29) is 35.5 Å². The molecule has 3 aliphatic rings. The van der Waals surface area contributed by atoms with E-state index in [0.29, 0.717) is 25.6 Å². The number of carbonyl (C=O) groups excluding carboxylic acids is 3. The van der Waals surface area contributed by atoms with Gasteiger partial charge < -0.3 is 20.4 Å². The second-order valence-corrected chi connectivity index (χ2v) is 10.9. The summed E-state index contributed by atoms with van der Waals surface area (Å²) in [4.78, 5) is 43.4. The summed E-state index contributed by atoms with van der Waals surface area (Å²) in [6, 6.07) is 10.7. The van der Waals surface area contributed by atoms with Crippen LogP contribution in [-0.4, -0.2) is 84.9 Å². The molecule has 0 unspecified atom stereocenters. The van der Waals surface area contributed by atoms with Gasteiger partial charge in [0, 0.05) is 38.6 Å². The van der Waals surface area contributed by atoms with Gasteiger partial charge in [-0.05, 0) is 64.1 Å². The Morgan fingerprint density at radius 1 is 1.03 bits per heavy atom. The molecule has 35 heavy (non-hydrogen) atoms. The Morgan fingerprint density at radius 3 is 2.26 bits per heavy atom. The van der Waals surface area contributed by atoms with Crippen molar-refractivity contribution in [3.63, 3.8) is 0 Å². The molecule has 3 fully saturated rings. The van der Waals surface area contributed by atoms with Crippen molar-refractivity contribution in [3.05, 3.63) is 35.9 Å². The standard InChI is InChI=1S/C27H41N5O3/c1-21(33)28-16-17-29-24(34)19-31-20-26(32(25(31)35)18-22-8-7-9-22)12-14-27(15-13-26,30(2)3)23-10-5-4-6-11-23/h4-6,10-11,22H,7-9,12-20H2,1-3H3,(H,28,33)(H,29,34). The molecule has 0 radical (unpaired) electrons. The second kappa shape index (κ2) is 10.6. The first-order valence-corrected chi connectivity index (χ1v) is 13.1. The first-order chi connectivity index (χ1) is 16.8. The van der Waals surface area contributed by atoms with Gasteiger partial charge in [-0.2, -0.15) is 0 Å². The maximum atomic E-state index is 13.6. The van der Waals surface area contributed by atoms with Crippen molar-refractivity contribution in [2.45, 2.75) is 62.9 Å². The molecule has 4 amide bonds. The van der Waals surface area contributed by atoms with Gasteiger partial charge in [0.05, 0.1) is 5.54 Å². The van der Waals surface area contributed by atoms with E-state index in [4.69, 9.17) is 0 Å². The van der Waals surface area contributed by atoms with E-state index in [0.717, 1.165) is 32.2 Å². The molecule has 2 aliphatic carbocycles. The van der Waals surface area contributed by atoms with Crippen LogP contribution >= 0.6 is 0 Å². The smallest absolute Gasteiger partial charge is 0.321 e. The average Bonchev–Trinajstić information content (AvgIpc) is 3.05. The SMILES string of the molecule is CC(=O)NCCNC(=O)CN1CC2(CCC(c3ccccc3)(N(C)C)CC2)N(CC2CCC2)C1=O. The molecule has 0 atom stereocenters. The summed E-state index contributed by atoms with van der Waals surface area (Å²) >= 11 is 0. The van der Waals surface area contributed by atoms with Crippen LogP contribution in [0.25, 0.3) is 0 Å². The van der Waals surface area contributed by atoms with Crippen molar-refractivity contribution >= 4 is 17.8 Å². The summed E-state index contributed by atoms with van der Waals surface area (Å²) < 4.78 is 0. The van der Waals surface area contributed by atoms with Gasteiger partial charge in [0.1, 0.15) is 6.54 Å². The fraction of sp³-hybridized carbons (Fsp3) is 0.667. The Labute approximate surface area is 209 Å². The summed E-state index contributed by atoms with van der Waals surface area (Å²) in [5, 5.41) is 5.51. The summed E-state index contributed by atoms with van der Waals surface area (Å²) in [5.41, 5.74) is 1.09. The highest BCUT2D eigenvalue weighted by Crippen LogP contribution is 2.49. The number of hydrogen-bond donors (Lipinski definition) is 2. The minimum absolute atomic E-state index is 0.00553. The largest absolute Gasteiger partial charge is 0.355 e. The monoisotopic (exact) mass is 483 g/mol. The van der Waals surface area contributed by atoms with Crippen LogP contribution < -0.4 is 10.6 Å². The zero-order valence-electron chi connectivity index (χ0n) is 21.5. The molecule has 1 saturated heterocycles. The van der Waals surface area contributed by atoms with Gasteiger partial charge in [-0.3, -0.25) is 14.5 Å². The lowest BCUT2D eigenvalue weighted by Crippen LogP contribution is -2.56. The van der Waals surface area contributed by atoms with Crippen LogP contribution in [0.2, 0.25) is 0 Å². The number of rotatable bonds is 9. The van der Waals surface area contributed by atoms with E-state index in [1.165, 1.54) is 31.7 Å². The van der Waals surface area contributed by atoms with Crippen LogP contribution in [-0.2, 0) is 15.1 Å². The number of urea groups is 1. The van der Waals surface area contributed by atoms with E-state index in [2.05, 4.69) is 64.9 Å². The highest BCUT2D eigenvalue weighted by atomic mass is 16.2. The van der Waals surface area contributed by atoms with Gasteiger partial charge in [0.25, 0.3) is 0 Å². The molecule has 2 saturated carbocycles. The third-order valence-corrected chi connectivity index (χ3v) is 8.56. The Kier molecular flexibility index (Phi) is 7.69. The van der Waals surface area contributed by atoms with Gasteiger partial charge in [0.2, 0.25) is 11.8 Å². The Balaban J connectivity index is 1.46. The molecule has 1 heterocycles. The zero-order valence-corrected chi connectivity index (χ0v) is 21.5. The fourth-order valence-corrected chi connectivity index (χ4v) is 6.18. The molecule has 192 valence electrons. The highest BCUT2D eigenvalue weighted by molar-refractivity contribution is 5.86. The van der Waals surface area contributed by atoms with Crippen molar-refractivity contribution in [2.24, 2.45) is 5.92 Å². The Hall–Kier alpha value is -2.61. The van der Waals surface area contributed by atoms with Gasteiger partial charge in [0.15, 0.2) is 0 Å². The van der Waals surface area contributed by atoms with Crippen LogP contribution in [0.4, 0.5) is 4.79 Å². The maximum absolute atomic E-state index is 13.6. The van der Waals surface area contributed by atoms with E-state index in [1.54, 1.807) is 4.90 Å². The van der Waals surface area contributed by atoms with Crippen LogP contribution in [0.3, 0.4) is 0 Å². The van der Waals surface area contributed by atoms with E-state index >= 15 is 0 Å². The van der Waals surface area contributed by atoms with Crippen molar-refractivity contribution in [1.29, 1.82) is 0 Å². The summed E-state index contributed by atoms with van der Waals surface area (Å²) in [5.74, 6) is 0.285. The predicted molar refractivity (Wildman–Crippen MR) is 136 cm³/mol. The molecule has 4 rings (SSSR count). The predicted octanol–water partition coefficient (Wildman–Crippen LogP) is 2.55. The molecule has 2 N–H and O–H groups in total. The number of amides is 4. The number of hydrogen-bond acceptors (Lipinski definition) is 4. The zero-order chi connectivity index (χ0) is 25.1. The van der Waals surface area contributed by atoms with E-state index in [9.17, 15) is 14.4 Å². The summed E-state index contributed by atoms with van der Waals surface area (Å²) in [6.07, 6.45) is 7.45. The normalized spacial score (nSPS) is 26.8. The highest BCUT2D eigenvalue weighted by Gasteiger charge is 2.55. The lowest BCUT2D eigenvalue weighted by Gasteiger charge is -2.51. The molecule has 1 spiro atoms. The molecular formula is C27H41N5O3. The van der Waals surface area contributed by atoms with Crippen LogP contribution in [0.1, 0.15) is 57.4 Å². The van der Waals surface area contributed by atoms with E-state index in [1.807, 2.05) is 0 Å². The van der Waals surface area contributed by atoms with E-state index < -0.39 is 0 Å². The fourth-order valence-electron chi connectivity index (χ4n) is 6.18. The summed E-state index contributed by atoms with van der Waals surface area (Å²) in [7, 11) is 4.32. The van der Waals surface area contributed by atoms with Crippen molar-refractivity contribution in [3.8, 4) is 0 Å². The number of nitrogens with zero attached hydrogens (tertiary/aromatic N) is 3. The van der Waals surface area contributed by atoms with Gasteiger partial charge in [-0.1, -0.05) is 36.8 Å². The molecule has 8 heteroatoms. The van der Waals surface area contributed by atoms with Crippen molar-refractivity contribution in [1.82, 2.24) is 25.3 Å². The first kappa shape index (κ1) is 25.5. The molecular weight excluding hydrogens is 442 g/mol. The molecule has 0 bridgehead atoms. The lowest BCUT2D eigenvalue weighted by atomic mass is 9.68. The lowest BCUT2D eigenvalue weighted by molar-refractivity contribution is -0.122. The van der Waals surface area contributed by atoms with Crippen LogP contribution in [0.15, 0.2) is 30.3 Å². The topological polar surface area (TPSA) is 85.0 Å². The van der Waals surface area contributed by atoms with Crippen LogP contribution in [0.5, 0.6) is 0 Å². The first-order valence-electron chi connectivity index (χ1n) is 13.1. The minimum Gasteiger partial charge on any atom is -0.355 e. The Bertz CT molecular complexity index is 907. The third kappa shape index (κ3) is 5.32. The van der Waals surface area contributed by atoms with Gasteiger partial charge in [-0.15, -0.1) is 0 Å². The van der Waals surface area contributed by atoms with Crippen molar-refractivity contribution in [2.75, 3.05) is 46.8 Å². The molecule has 0 aromatic heterocycles. The third-order valence-electron chi connectivity index (χ3n) is 8.56.